The van der Waals surface area contributed by atoms with Crippen LogP contribution in [0.4, 0.5) is 5.69 Å². The van der Waals surface area contributed by atoms with Crippen molar-refractivity contribution in [1.82, 2.24) is 4.90 Å². The minimum Gasteiger partial charge on any atom is -0.497 e. The van der Waals surface area contributed by atoms with Crippen molar-refractivity contribution >= 4 is 28.6 Å². The summed E-state index contributed by atoms with van der Waals surface area (Å²) < 4.78 is 15.7. The van der Waals surface area contributed by atoms with Gasteiger partial charge in [0.2, 0.25) is 0 Å². The molecule has 0 unspecified atom stereocenters. The Kier molecular flexibility index (Phi) is 10.0. The van der Waals surface area contributed by atoms with Crippen molar-refractivity contribution in [2.24, 2.45) is 4.99 Å². The lowest BCUT2D eigenvalue weighted by molar-refractivity contribution is 0.0526. The number of aliphatic imine (C=N–C) groups is 1. The zero-order valence-corrected chi connectivity index (χ0v) is 21.5. The van der Waals surface area contributed by atoms with E-state index in [1.165, 1.54) is 0 Å². The summed E-state index contributed by atoms with van der Waals surface area (Å²) in [5, 5.41) is 0.906. The minimum atomic E-state index is -0.327. The van der Waals surface area contributed by atoms with Crippen LogP contribution in [0, 0.1) is 0 Å². The lowest BCUT2D eigenvalue weighted by atomic mass is 10.1. The van der Waals surface area contributed by atoms with Crippen molar-refractivity contribution in [3.05, 3.63) is 89.5 Å². The highest BCUT2D eigenvalue weighted by molar-refractivity contribution is 8.13. The summed E-state index contributed by atoms with van der Waals surface area (Å²) >= 11 is 1.69. The minimum absolute atomic E-state index is 0.327. The molecule has 0 aliphatic rings. The van der Waals surface area contributed by atoms with E-state index in [2.05, 4.69) is 36.1 Å². The standard InChI is InChI=1S/C28H32N2O4S/c1-5-34-27(31)23-11-13-24(14-12-23)29-28(35-6-2)30(19-21-7-15-25(32-3)16-8-21)20-22-9-17-26(33-4)18-10-22/h7-18H,5-6,19-20H2,1-4H3. The molecular formula is C28H32N2O4S. The van der Waals surface area contributed by atoms with Crippen LogP contribution in [0.5, 0.6) is 11.5 Å². The molecule has 35 heavy (non-hydrogen) atoms. The van der Waals surface area contributed by atoms with E-state index in [1.807, 2.05) is 36.4 Å². The Hall–Kier alpha value is -3.45. The van der Waals surface area contributed by atoms with Gasteiger partial charge in [-0.1, -0.05) is 43.0 Å². The Morgan fingerprint density at radius 2 is 1.31 bits per heavy atom. The third kappa shape index (κ3) is 7.79. The van der Waals surface area contributed by atoms with E-state index < -0.39 is 0 Å². The molecule has 6 nitrogen and oxygen atoms in total. The van der Waals surface area contributed by atoms with Gasteiger partial charge in [-0.2, -0.15) is 0 Å². The van der Waals surface area contributed by atoms with Gasteiger partial charge in [0.25, 0.3) is 0 Å². The van der Waals surface area contributed by atoms with Crippen molar-refractivity contribution < 1.29 is 19.0 Å². The van der Waals surface area contributed by atoms with Crippen LogP contribution in [-0.4, -0.2) is 42.6 Å². The van der Waals surface area contributed by atoms with Gasteiger partial charge in [0.15, 0.2) is 5.17 Å². The summed E-state index contributed by atoms with van der Waals surface area (Å²) in [4.78, 5) is 19.2. The van der Waals surface area contributed by atoms with E-state index in [0.29, 0.717) is 25.3 Å². The van der Waals surface area contributed by atoms with Gasteiger partial charge in [0.1, 0.15) is 11.5 Å². The lowest BCUT2D eigenvalue weighted by Gasteiger charge is -2.26. The van der Waals surface area contributed by atoms with Crippen LogP contribution >= 0.6 is 11.8 Å². The number of nitrogens with zero attached hydrogens (tertiary/aromatic N) is 2. The van der Waals surface area contributed by atoms with Crippen LogP contribution < -0.4 is 9.47 Å². The molecule has 0 aliphatic carbocycles. The molecule has 0 atom stereocenters. The Morgan fingerprint density at radius 1 is 0.800 bits per heavy atom. The average Bonchev–Trinajstić information content (AvgIpc) is 2.89. The van der Waals surface area contributed by atoms with Crippen LogP contribution in [0.3, 0.4) is 0 Å². The Balaban J connectivity index is 1.91. The second kappa shape index (κ2) is 13.4. The summed E-state index contributed by atoms with van der Waals surface area (Å²) in [6.45, 7) is 5.63. The number of methoxy groups -OCH3 is 2. The number of esters is 1. The zero-order valence-electron chi connectivity index (χ0n) is 20.7. The SMILES string of the molecule is CCOC(=O)c1ccc(N=C(SCC)N(Cc2ccc(OC)cc2)Cc2ccc(OC)cc2)cc1. The predicted octanol–water partition coefficient (Wildman–Crippen LogP) is 6.32. The molecule has 184 valence electrons. The first kappa shape index (κ1) is 26.2. The van der Waals surface area contributed by atoms with E-state index in [-0.39, 0.29) is 5.97 Å². The third-order valence-corrected chi connectivity index (χ3v) is 6.11. The Bertz CT molecular complexity index is 1050. The summed E-state index contributed by atoms with van der Waals surface area (Å²) in [5.74, 6) is 2.20. The smallest absolute Gasteiger partial charge is 0.338 e. The monoisotopic (exact) mass is 492 g/mol. The number of ether oxygens (including phenoxy) is 3. The van der Waals surface area contributed by atoms with Gasteiger partial charge in [0, 0.05) is 13.1 Å². The number of rotatable bonds is 10. The summed E-state index contributed by atoms with van der Waals surface area (Å²) in [7, 11) is 3.34. The molecule has 0 saturated carbocycles. The fourth-order valence-corrected chi connectivity index (χ4v) is 4.15. The van der Waals surface area contributed by atoms with Crippen LogP contribution in [0.2, 0.25) is 0 Å². The number of hydrogen-bond donors (Lipinski definition) is 0. The van der Waals surface area contributed by atoms with Crippen molar-refractivity contribution in [2.45, 2.75) is 26.9 Å². The fourth-order valence-electron chi connectivity index (χ4n) is 3.41. The summed E-state index contributed by atoms with van der Waals surface area (Å²) in [6, 6.07) is 23.4. The van der Waals surface area contributed by atoms with Crippen LogP contribution in [0.1, 0.15) is 35.3 Å². The van der Waals surface area contributed by atoms with E-state index >= 15 is 0 Å². The van der Waals surface area contributed by atoms with Gasteiger partial charge in [-0.3, -0.25) is 0 Å². The number of benzene rings is 3. The van der Waals surface area contributed by atoms with Crippen molar-refractivity contribution in [3.63, 3.8) is 0 Å². The van der Waals surface area contributed by atoms with E-state index in [9.17, 15) is 4.79 Å². The molecule has 0 spiro atoms. The first-order chi connectivity index (χ1) is 17.1. The molecule has 3 aromatic rings. The average molecular weight is 493 g/mol. The lowest BCUT2D eigenvalue weighted by Crippen LogP contribution is -2.28. The van der Waals surface area contributed by atoms with Gasteiger partial charge in [-0.05, 0) is 72.3 Å². The quantitative estimate of drug-likeness (QED) is 0.187. The molecule has 3 aromatic carbocycles. The van der Waals surface area contributed by atoms with Gasteiger partial charge in [-0.15, -0.1) is 0 Å². The first-order valence-corrected chi connectivity index (χ1v) is 12.5. The second-order valence-corrected chi connectivity index (χ2v) is 8.88. The molecule has 0 radical (unpaired) electrons. The highest BCUT2D eigenvalue weighted by Crippen LogP contribution is 2.24. The van der Waals surface area contributed by atoms with Gasteiger partial charge in [-0.25, -0.2) is 9.79 Å². The maximum Gasteiger partial charge on any atom is 0.338 e. The van der Waals surface area contributed by atoms with Gasteiger partial charge in [0.05, 0.1) is 32.1 Å². The van der Waals surface area contributed by atoms with Gasteiger partial charge < -0.3 is 19.1 Å². The highest BCUT2D eigenvalue weighted by atomic mass is 32.2. The van der Waals surface area contributed by atoms with Crippen molar-refractivity contribution in [3.8, 4) is 11.5 Å². The molecule has 7 heteroatoms. The molecule has 0 bridgehead atoms. The highest BCUT2D eigenvalue weighted by Gasteiger charge is 2.15. The molecule has 0 saturated heterocycles. The van der Waals surface area contributed by atoms with Crippen LogP contribution in [0.15, 0.2) is 77.8 Å². The molecular weight excluding hydrogens is 460 g/mol. The Morgan fingerprint density at radius 3 is 1.74 bits per heavy atom. The maximum atomic E-state index is 12.0. The number of hydrogen-bond acceptors (Lipinski definition) is 6. The normalized spacial score (nSPS) is 11.1. The van der Waals surface area contributed by atoms with Crippen molar-refractivity contribution in [1.29, 1.82) is 0 Å². The van der Waals surface area contributed by atoms with E-state index in [4.69, 9.17) is 19.2 Å². The number of thioether (sulfide) groups is 1. The second-order valence-electron chi connectivity index (χ2n) is 7.65. The van der Waals surface area contributed by atoms with E-state index in [1.54, 1.807) is 45.0 Å². The fraction of sp³-hybridized carbons (Fsp3) is 0.286. The van der Waals surface area contributed by atoms with Crippen LogP contribution in [0.25, 0.3) is 0 Å². The number of carbonyl (C=O) groups is 1. The largest absolute Gasteiger partial charge is 0.497 e. The maximum absolute atomic E-state index is 12.0. The molecule has 0 N–H and O–H groups in total. The van der Waals surface area contributed by atoms with Gasteiger partial charge >= 0.3 is 5.97 Å². The molecule has 0 aromatic heterocycles. The molecule has 3 rings (SSSR count). The van der Waals surface area contributed by atoms with E-state index in [0.717, 1.165) is 39.2 Å². The Labute approximate surface area is 211 Å². The summed E-state index contributed by atoms with van der Waals surface area (Å²) in [6.07, 6.45) is 0. The van der Waals surface area contributed by atoms with Crippen LogP contribution in [-0.2, 0) is 17.8 Å². The first-order valence-electron chi connectivity index (χ1n) is 11.6. The zero-order chi connectivity index (χ0) is 25.0. The summed E-state index contributed by atoms with van der Waals surface area (Å²) in [5.41, 5.74) is 3.61. The predicted molar refractivity (Wildman–Crippen MR) is 143 cm³/mol. The van der Waals surface area contributed by atoms with Crippen molar-refractivity contribution in [2.75, 3.05) is 26.6 Å². The number of carbonyl (C=O) groups excluding carboxylic acids is 1. The number of amidine groups is 1. The topological polar surface area (TPSA) is 60.4 Å². The molecule has 0 heterocycles. The molecule has 0 aliphatic heterocycles. The molecule has 0 fully saturated rings. The molecule has 0 amide bonds. The third-order valence-electron chi connectivity index (χ3n) is 5.21.